The number of rotatable bonds is 2. The Morgan fingerprint density at radius 3 is 2.79 bits per heavy atom. The van der Waals surface area contributed by atoms with Gasteiger partial charge in [0.1, 0.15) is 17.1 Å². The second-order valence-corrected chi connectivity index (χ2v) is 4.62. The van der Waals surface area contributed by atoms with Crippen LogP contribution in [-0.4, -0.2) is 23.8 Å². The summed E-state index contributed by atoms with van der Waals surface area (Å²) in [7, 11) is 0. The zero-order valence-corrected chi connectivity index (χ0v) is 9.47. The van der Waals surface area contributed by atoms with Crippen molar-refractivity contribution in [1.82, 2.24) is 5.32 Å². The van der Waals surface area contributed by atoms with Gasteiger partial charge in [0.15, 0.2) is 0 Å². The molecule has 1 aliphatic heterocycles. The standard InChI is InChI=1S/C10H12BrNO2/c1-10(5-12-6-10)14-9-4-7(13)2-3-8(9)11/h2-4,12-13H,5-6H2,1H3. The van der Waals surface area contributed by atoms with E-state index in [0.29, 0.717) is 5.75 Å². The third kappa shape index (κ3) is 1.86. The molecule has 0 spiro atoms. The van der Waals surface area contributed by atoms with Gasteiger partial charge in [0.25, 0.3) is 0 Å². The lowest BCUT2D eigenvalue weighted by Gasteiger charge is -2.39. The lowest BCUT2D eigenvalue weighted by atomic mass is 10.00. The SMILES string of the molecule is CC1(Oc2cc(O)ccc2Br)CNC1. The Kier molecular flexibility index (Phi) is 2.41. The van der Waals surface area contributed by atoms with E-state index in [1.54, 1.807) is 18.2 Å². The third-order valence-corrected chi connectivity index (χ3v) is 2.92. The molecular weight excluding hydrogens is 246 g/mol. The second-order valence-electron chi connectivity index (χ2n) is 3.77. The fourth-order valence-corrected chi connectivity index (χ4v) is 1.71. The van der Waals surface area contributed by atoms with Gasteiger partial charge in [0.05, 0.1) is 4.47 Å². The molecule has 1 fully saturated rings. The first kappa shape index (κ1) is 9.80. The van der Waals surface area contributed by atoms with Crippen molar-refractivity contribution in [2.75, 3.05) is 13.1 Å². The highest BCUT2D eigenvalue weighted by Crippen LogP contribution is 2.32. The lowest BCUT2D eigenvalue weighted by Crippen LogP contribution is -2.61. The summed E-state index contributed by atoms with van der Waals surface area (Å²) in [4.78, 5) is 0. The van der Waals surface area contributed by atoms with E-state index >= 15 is 0 Å². The fraction of sp³-hybridized carbons (Fsp3) is 0.400. The van der Waals surface area contributed by atoms with E-state index in [1.165, 1.54) is 0 Å². The Labute approximate surface area is 91.2 Å². The van der Waals surface area contributed by atoms with Crippen LogP contribution in [0, 0.1) is 0 Å². The Morgan fingerprint density at radius 2 is 2.21 bits per heavy atom. The van der Waals surface area contributed by atoms with E-state index in [0.717, 1.165) is 17.6 Å². The first-order chi connectivity index (χ1) is 6.59. The summed E-state index contributed by atoms with van der Waals surface area (Å²) in [6.45, 7) is 3.73. The molecule has 4 heteroatoms. The van der Waals surface area contributed by atoms with Crippen molar-refractivity contribution in [2.45, 2.75) is 12.5 Å². The van der Waals surface area contributed by atoms with Crippen LogP contribution in [0.4, 0.5) is 0 Å². The van der Waals surface area contributed by atoms with Crippen molar-refractivity contribution in [3.05, 3.63) is 22.7 Å². The Hall–Kier alpha value is -0.740. The van der Waals surface area contributed by atoms with Crippen LogP contribution >= 0.6 is 15.9 Å². The average Bonchev–Trinajstić information content (AvgIpc) is 2.09. The largest absolute Gasteiger partial charge is 0.508 e. The van der Waals surface area contributed by atoms with Gasteiger partial charge < -0.3 is 15.2 Å². The van der Waals surface area contributed by atoms with E-state index in [2.05, 4.69) is 21.2 Å². The van der Waals surface area contributed by atoms with Gasteiger partial charge in [-0.15, -0.1) is 0 Å². The van der Waals surface area contributed by atoms with Crippen molar-refractivity contribution in [1.29, 1.82) is 0 Å². The van der Waals surface area contributed by atoms with E-state index in [9.17, 15) is 5.11 Å². The maximum atomic E-state index is 9.31. The molecule has 1 aliphatic rings. The zero-order valence-electron chi connectivity index (χ0n) is 7.88. The molecule has 76 valence electrons. The van der Waals surface area contributed by atoms with Gasteiger partial charge in [0.2, 0.25) is 0 Å². The predicted octanol–water partition coefficient (Wildman–Crippen LogP) is 1.90. The molecular formula is C10H12BrNO2. The summed E-state index contributed by atoms with van der Waals surface area (Å²) in [5.41, 5.74) is -0.143. The number of phenolic OH excluding ortho intramolecular Hbond substituents is 1. The van der Waals surface area contributed by atoms with E-state index < -0.39 is 0 Å². The highest BCUT2D eigenvalue weighted by molar-refractivity contribution is 9.10. The molecule has 0 aliphatic carbocycles. The normalized spacial score (nSPS) is 18.7. The van der Waals surface area contributed by atoms with Gasteiger partial charge in [-0.1, -0.05) is 0 Å². The quantitative estimate of drug-likeness (QED) is 0.851. The first-order valence-corrected chi connectivity index (χ1v) is 5.27. The van der Waals surface area contributed by atoms with Gasteiger partial charge >= 0.3 is 0 Å². The Balaban J connectivity index is 2.19. The molecule has 1 heterocycles. The van der Waals surface area contributed by atoms with Gasteiger partial charge in [-0.05, 0) is 35.0 Å². The van der Waals surface area contributed by atoms with Gasteiger partial charge in [-0.2, -0.15) is 0 Å². The molecule has 14 heavy (non-hydrogen) atoms. The molecule has 3 nitrogen and oxygen atoms in total. The zero-order chi connectivity index (χ0) is 10.2. The van der Waals surface area contributed by atoms with Crippen LogP contribution in [-0.2, 0) is 0 Å². The summed E-state index contributed by atoms with van der Waals surface area (Å²) < 4.78 is 6.64. The van der Waals surface area contributed by atoms with Gasteiger partial charge in [-0.3, -0.25) is 0 Å². The van der Waals surface area contributed by atoms with Crippen molar-refractivity contribution >= 4 is 15.9 Å². The topological polar surface area (TPSA) is 41.5 Å². The van der Waals surface area contributed by atoms with Crippen molar-refractivity contribution in [2.24, 2.45) is 0 Å². The van der Waals surface area contributed by atoms with Crippen LogP contribution in [0.1, 0.15) is 6.92 Å². The first-order valence-electron chi connectivity index (χ1n) is 4.47. The number of ether oxygens (including phenoxy) is 1. The van der Waals surface area contributed by atoms with Gasteiger partial charge in [-0.25, -0.2) is 0 Å². The molecule has 1 aromatic rings. The minimum Gasteiger partial charge on any atom is -0.508 e. The summed E-state index contributed by atoms with van der Waals surface area (Å²) in [6, 6.07) is 5.02. The van der Waals surface area contributed by atoms with Crippen molar-refractivity contribution in [3.8, 4) is 11.5 Å². The van der Waals surface area contributed by atoms with E-state index in [-0.39, 0.29) is 11.4 Å². The van der Waals surface area contributed by atoms with Crippen LogP contribution in [0.25, 0.3) is 0 Å². The maximum absolute atomic E-state index is 9.31. The predicted molar refractivity (Wildman–Crippen MR) is 57.7 cm³/mol. The number of phenols is 1. The van der Waals surface area contributed by atoms with Gasteiger partial charge in [0, 0.05) is 19.2 Å². The monoisotopic (exact) mass is 257 g/mol. The molecule has 0 radical (unpaired) electrons. The molecule has 0 bridgehead atoms. The number of aromatic hydroxyl groups is 1. The molecule has 0 atom stereocenters. The molecule has 0 unspecified atom stereocenters. The maximum Gasteiger partial charge on any atom is 0.138 e. The Morgan fingerprint density at radius 1 is 1.50 bits per heavy atom. The van der Waals surface area contributed by atoms with Crippen LogP contribution in [0.3, 0.4) is 0 Å². The highest BCUT2D eigenvalue weighted by Gasteiger charge is 2.34. The molecule has 2 N–H and O–H groups in total. The smallest absolute Gasteiger partial charge is 0.138 e. The van der Waals surface area contributed by atoms with Crippen molar-refractivity contribution in [3.63, 3.8) is 0 Å². The molecule has 1 aromatic carbocycles. The van der Waals surface area contributed by atoms with Crippen LogP contribution < -0.4 is 10.1 Å². The number of hydrogen-bond acceptors (Lipinski definition) is 3. The summed E-state index contributed by atoms with van der Waals surface area (Å²) in [5.74, 6) is 0.910. The number of halogens is 1. The summed E-state index contributed by atoms with van der Waals surface area (Å²) >= 11 is 3.38. The summed E-state index contributed by atoms with van der Waals surface area (Å²) in [5, 5.41) is 12.5. The van der Waals surface area contributed by atoms with Crippen LogP contribution in [0.15, 0.2) is 22.7 Å². The van der Waals surface area contributed by atoms with Crippen LogP contribution in [0.5, 0.6) is 11.5 Å². The van der Waals surface area contributed by atoms with Crippen LogP contribution in [0.2, 0.25) is 0 Å². The Bertz CT molecular complexity index is 350. The minimum atomic E-state index is -0.143. The third-order valence-electron chi connectivity index (χ3n) is 2.27. The molecule has 2 rings (SSSR count). The lowest BCUT2D eigenvalue weighted by molar-refractivity contribution is 0.0340. The minimum absolute atomic E-state index is 0.143. The highest BCUT2D eigenvalue weighted by atomic mass is 79.9. The number of hydrogen-bond donors (Lipinski definition) is 2. The van der Waals surface area contributed by atoms with Crippen molar-refractivity contribution < 1.29 is 9.84 Å². The average molecular weight is 258 g/mol. The number of nitrogens with one attached hydrogen (secondary N) is 1. The van der Waals surface area contributed by atoms with E-state index in [1.807, 2.05) is 6.92 Å². The second kappa shape index (κ2) is 3.44. The molecule has 1 saturated heterocycles. The number of benzene rings is 1. The molecule has 0 aromatic heterocycles. The molecule has 0 saturated carbocycles. The summed E-state index contributed by atoms with van der Waals surface area (Å²) in [6.07, 6.45) is 0. The fourth-order valence-electron chi connectivity index (χ4n) is 1.38. The molecule has 0 amide bonds. The van der Waals surface area contributed by atoms with E-state index in [4.69, 9.17) is 4.74 Å².